The fraction of sp³-hybridized carbons (Fsp3) is 0.889. The molecule has 3 nitrogen and oxygen atoms in total. The maximum Gasteiger partial charge on any atom is 0.168 e. The lowest BCUT2D eigenvalue weighted by Gasteiger charge is -2.30. The van der Waals surface area contributed by atoms with Crippen LogP contribution in [-0.4, -0.2) is 43.4 Å². The molecule has 0 saturated heterocycles. The molecule has 13 heavy (non-hydrogen) atoms. The predicted octanol–water partition coefficient (Wildman–Crippen LogP) is 1.24. The SMILES string of the molecule is CCC(C)N(CCOC)C(=S)NC. The van der Waals surface area contributed by atoms with E-state index < -0.39 is 0 Å². The molecule has 0 aliphatic carbocycles. The number of hydrogen-bond donors (Lipinski definition) is 1. The molecule has 0 aliphatic heterocycles. The molecular formula is C9H20N2OS. The van der Waals surface area contributed by atoms with E-state index in [4.69, 9.17) is 17.0 Å². The Morgan fingerprint density at radius 2 is 2.23 bits per heavy atom. The molecule has 78 valence electrons. The zero-order chi connectivity index (χ0) is 10.3. The minimum atomic E-state index is 0.468. The molecule has 0 saturated carbocycles. The Bertz CT molecular complexity index is 153. The van der Waals surface area contributed by atoms with Crippen LogP contribution in [0.1, 0.15) is 20.3 Å². The summed E-state index contributed by atoms with van der Waals surface area (Å²) in [6, 6.07) is 0.468. The van der Waals surface area contributed by atoms with Crippen molar-refractivity contribution < 1.29 is 4.74 Å². The van der Waals surface area contributed by atoms with Gasteiger partial charge in [-0.25, -0.2) is 0 Å². The Hall–Kier alpha value is -0.350. The fourth-order valence-electron chi connectivity index (χ4n) is 1.08. The highest BCUT2D eigenvalue weighted by molar-refractivity contribution is 7.80. The Morgan fingerprint density at radius 3 is 2.62 bits per heavy atom. The first-order chi connectivity index (χ1) is 6.17. The number of rotatable bonds is 5. The van der Waals surface area contributed by atoms with Gasteiger partial charge in [-0.05, 0) is 25.6 Å². The molecule has 0 heterocycles. The van der Waals surface area contributed by atoms with E-state index in [9.17, 15) is 0 Å². The summed E-state index contributed by atoms with van der Waals surface area (Å²) < 4.78 is 5.03. The van der Waals surface area contributed by atoms with Crippen LogP contribution in [0.5, 0.6) is 0 Å². The van der Waals surface area contributed by atoms with Gasteiger partial charge in [-0.15, -0.1) is 0 Å². The van der Waals surface area contributed by atoms with E-state index >= 15 is 0 Å². The summed E-state index contributed by atoms with van der Waals surface area (Å²) in [5.74, 6) is 0. The lowest BCUT2D eigenvalue weighted by Crippen LogP contribution is -2.44. The molecule has 0 rings (SSSR count). The second-order valence-electron chi connectivity index (χ2n) is 3.00. The molecule has 0 aromatic carbocycles. The molecule has 4 heteroatoms. The molecule has 0 radical (unpaired) electrons. The van der Waals surface area contributed by atoms with E-state index in [1.54, 1.807) is 7.11 Å². The molecule has 0 fully saturated rings. The summed E-state index contributed by atoms with van der Waals surface area (Å²) in [5, 5.41) is 3.79. The summed E-state index contributed by atoms with van der Waals surface area (Å²) >= 11 is 5.19. The Balaban J connectivity index is 4.09. The topological polar surface area (TPSA) is 24.5 Å². The zero-order valence-corrected chi connectivity index (χ0v) is 9.78. The molecule has 0 amide bonds. The fourth-order valence-corrected chi connectivity index (χ4v) is 1.35. The standard InChI is InChI=1S/C9H20N2OS/c1-5-8(2)11(6-7-12-4)9(13)10-3/h8H,5-7H2,1-4H3,(H,10,13). The van der Waals surface area contributed by atoms with Crippen molar-refractivity contribution in [1.82, 2.24) is 10.2 Å². The average Bonchev–Trinajstić information content (AvgIpc) is 2.17. The normalized spacial score (nSPS) is 12.3. The van der Waals surface area contributed by atoms with Crippen molar-refractivity contribution in [1.29, 1.82) is 0 Å². The molecule has 0 aliphatic rings. The van der Waals surface area contributed by atoms with Gasteiger partial charge in [0.25, 0.3) is 0 Å². The number of ether oxygens (including phenoxy) is 1. The van der Waals surface area contributed by atoms with Crippen LogP contribution < -0.4 is 5.32 Å². The maximum atomic E-state index is 5.19. The van der Waals surface area contributed by atoms with Crippen molar-refractivity contribution in [2.75, 3.05) is 27.3 Å². The van der Waals surface area contributed by atoms with E-state index in [1.165, 1.54) is 0 Å². The largest absolute Gasteiger partial charge is 0.383 e. The summed E-state index contributed by atoms with van der Waals surface area (Å²) in [4.78, 5) is 2.15. The monoisotopic (exact) mass is 204 g/mol. The summed E-state index contributed by atoms with van der Waals surface area (Å²) in [7, 11) is 3.56. The van der Waals surface area contributed by atoms with Crippen LogP contribution in [0.25, 0.3) is 0 Å². The third-order valence-electron chi connectivity index (χ3n) is 2.13. The molecule has 0 aromatic heterocycles. The first-order valence-electron chi connectivity index (χ1n) is 4.64. The second kappa shape index (κ2) is 7.09. The molecule has 1 unspecified atom stereocenters. The highest BCUT2D eigenvalue weighted by Crippen LogP contribution is 2.03. The van der Waals surface area contributed by atoms with Gasteiger partial charge in [0.15, 0.2) is 5.11 Å². The number of hydrogen-bond acceptors (Lipinski definition) is 2. The molecular weight excluding hydrogens is 184 g/mol. The lowest BCUT2D eigenvalue weighted by atomic mass is 10.2. The van der Waals surface area contributed by atoms with Crippen molar-refractivity contribution in [2.45, 2.75) is 26.3 Å². The van der Waals surface area contributed by atoms with Crippen molar-refractivity contribution in [3.05, 3.63) is 0 Å². The van der Waals surface area contributed by atoms with Crippen LogP contribution in [0.3, 0.4) is 0 Å². The van der Waals surface area contributed by atoms with Crippen LogP contribution in [0.15, 0.2) is 0 Å². The highest BCUT2D eigenvalue weighted by atomic mass is 32.1. The first kappa shape index (κ1) is 12.7. The molecule has 0 bridgehead atoms. The van der Waals surface area contributed by atoms with E-state index in [0.717, 1.165) is 18.1 Å². The molecule has 0 spiro atoms. The third-order valence-corrected chi connectivity index (χ3v) is 2.57. The quantitative estimate of drug-likeness (QED) is 0.681. The average molecular weight is 204 g/mol. The van der Waals surface area contributed by atoms with Crippen LogP contribution in [0.2, 0.25) is 0 Å². The summed E-state index contributed by atoms with van der Waals surface area (Å²) in [5.41, 5.74) is 0. The van der Waals surface area contributed by atoms with Gasteiger partial charge < -0.3 is 15.0 Å². The van der Waals surface area contributed by atoms with Gasteiger partial charge in [0, 0.05) is 26.7 Å². The van der Waals surface area contributed by atoms with E-state index in [1.807, 2.05) is 7.05 Å². The predicted molar refractivity (Wildman–Crippen MR) is 60.0 cm³/mol. The van der Waals surface area contributed by atoms with Crippen molar-refractivity contribution >= 4 is 17.3 Å². The molecule has 1 N–H and O–H groups in total. The van der Waals surface area contributed by atoms with Gasteiger partial charge in [0.1, 0.15) is 0 Å². The smallest absolute Gasteiger partial charge is 0.168 e. The van der Waals surface area contributed by atoms with Crippen molar-refractivity contribution in [2.24, 2.45) is 0 Å². The Morgan fingerprint density at radius 1 is 1.62 bits per heavy atom. The molecule has 0 aromatic rings. The van der Waals surface area contributed by atoms with E-state index in [2.05, 4.69) is 24.1 Å². The van der Waals surface area contributed by atoms with Crippen LogP contribution in [-0.2, 0) is 4.74 Å². The number of nitrogens with one attached hydrogen (secondary N) is 1. The summed E-state index contributed by atoms with van der Waals surface area (Å²) in [6.45, 7) is 5.89. The van der Waals surface area contributed by atoms with Gasteiger partial charge >= 0.3 is 0 Å². The van der Waals surface area contributed by atoms with Crippen LogP contribution in [0, 0.1) is 0 Å². The van der Waals surface area contributed by atoms with Gasteiger partial charge in [0.05, 0.1) is 6.61 Å². The number of nitrogens with zero attached hydrogens (tertiary/aromatic N) is 1. The zero-order valence-electron chi connectivity index (χ0n) is 8.96. The van der Waals surface area contributed by atoms with E-state index in [0.29, 0.717) is 12.6 Å². The van der Waals surface area contributed by atoms with Crippen LogP contribution in [0.4, 0.5) is 0 Å². The maximum absolute atomic E-state index is 5.19. The van der Waals surface area contributed by atoms with Crippen molar-refractivity contribution in [3.63, 3.8) is 0 Å². The van der Waals surface area contributed by atoms with Crippen LogP contribution >= 0.6 is 12.2 Å². The second-order valence-corrected chi connectivity index (χ2v) is 3.39. The van der Waals surface area contributed by atoms with Gasteiger partial charge in [-0.2, -0.15) is 0 Å². The van der Waals surface area contributed by atoms with Gasteiger partial charge in [0.2, 0.25) is 0 Å². The Labute approximate surface area is 86.4 Å². The minimum Gasteiger partial charge on any atom is -0.383 e. The number of thiocarbonyl (C=S) groups is 1. The minimum absolute atomic E-state index is 0.468. The molecule has 1 atom stereocenters. The number of methoxy groups -OCH3 is 1. The highest BCUT2D eigenvalue weighted by Gasteiger charge is 2.13. The summed E-state index contributed by atoms with van der Waals surface area (Å²) in [6.07, 6.45) is 1.09. The van der Waals surface area contributed by atoms with Crippen molar-refractivity contribution in [3.8, 4) is 0 Å². The lowest BCUT2D eigenvalue weighted by molar-refractivity contribution is 0.163. The third kappa shape index (κ3) is 4.43. The van der Waals surface area contributed by atoms with Gasteiger partial charge in [-0.3, -0.25) is 0 Å². The Kier molecular flexibility index (Phi) is 6.90. The first-order valence-corrected chi connectivity index (χ1v) is 5.05. The van der Waals surface area contributed by atoms with Gasteiger partial charge in [-0.1, -0.05) is 6.92 Å². The van der Waals surface area contributed by atoms with E-state index in [-0.39, 0.29) is 0 Å².